The second kappa shape index (κ2) is 75.3. The highest BCUT2D eigenvalue weighted by atomic mass is 31.2. The molecule has 0 saturated heterocycles. The predicted octanol–water partition coefficient (Wildman–Crippen LogP) is 25.1. The summed E-state index contributed by atoms with van der Waals surface area (Å²) in [6, 6.07) is 0. The van der Waals surface area contributed by atoms with Crippen molar-refractivity contribution in [3.63, 3.8) is 0 Å². The van der Waals surface area contributed by atoms with Gasteiger partial charge in [0.1, 0.15) is 19.8 Å². The Labute approximate surface area is 600 Å². The Bertz CT molecular complexity index is 2510. The smallest absolute Gasteiger partial charge is 0.306 e. The van der Waals surface area contributed by atoms with Gasteiger partial charge in [-0.05, 0) is 161 Å². The summed E-state index contributed by atoms with van der Waals surface area (Å²) in [5, 5.41) is 0. The fourth-order valence-electron chi connectivity index (χ4n) is 9.44. The van der Waals surface area contributed by atoms with Crippen LogP contribution in [-0.2, 0) is 32.7 Å². The third-order valence-electron chi connectivity index (χ3n) is 15.2. The summed E-state index contributed by atoms with van der Waals surface area (Å²) in [5.74, 6) is -0.890. The molecule has 0 aliphatic rings. The standard InChI is InChI=1S/C88H138NO8P/c1-6-8-10-12-14-16-18-20-22-24-26-28-30-32-34-36-38-40-42-44-46-48-50-52-54-56-58-60-62-64-66-68-70-72-74-76-78-80-87(90)94-84-86(85-96-98(92,93)95-83-82-89(3,4)5)97-88(91)81-79-77-75-73-71-69-67-65-63-61-59-57-55-53-51-49-47-45-43-41-39-37-35-33-31-29-27-25-23-21-19-17-15-13-11-9-7-2/h8-11,14-17,20-23,26-29,32-35,38-41,44-47,50-53,57,59,63,65,69,71,86H,6-7,12-13,18-19,24-25,30-31,36-37,42-43,48-49,54-56,58,60-62,64,66-68,70,72-85H2,1-5H3/b10-8-,11-9-,16-14-,17-15-,22-20-,23-21-,28-26-,29-27-,34-32-,35-33-,40-38-,41-39-,46-44-,47-45-,52-50-,53-51-,59-57-,65-63-,71-69-. The van der Waals surface area contributed by atoms with Crippen LogP contribution in [0.4, 0.5) is 0 Å². The number of phosphoric acid groups is 1. The summed E-state index contributed by atoms with van der Waals surface area (Å²) in [6.45, 7) is 3.94. The first kappa shape index (κ1) is 92.1. The van der Waals surface area contributed by atoms with E-state index in [0.717, 1.165) is 167 Å². The molecule has 0 aromatic heterocycles. The van der Waals surface area contributed by atoms with E-state index in [4.69, 9.17) is 18.5 Å². The van der Waals surface area contributed by atoms with Crippen LogP contribution in [0.25, 0.3) is 0 Å². The molecule has 0 aromatic rings. The summed E-state index contributed by atoms with van der Waals surface area (Å²) in [7, 11) is 1.11. The van der Waals surface area contributed by atoms with Crippen molar-refractivity contribution in [2.45, 2.75) is 264 Å². The lowest BCUT2D eigenvalue weighted by molar-refractivity contribution is -0.870. The quantitative estimate of drug-likeness (QED) is 0.0195. The van der Waals surface area contributed by atoms with Crippen LogP contribution in [0, 0.1) is 0 Å². The van der Waals surface area contributed by atoms with Gasteiger partial charge in [-0.25, -0.2) is 0 Å². The first-order valence-electron chi connectivity index (χ1n) is 38.1. The molecule has 2 unspecified atom stereocenters. The van der Waals surface area contributed by atoms with Crippen LogP contribution in [0.5, 0.6) is 0 Å². The van der Waals surface area contributed by atoms with Crippen LogP contribution < -0.4 is 4.89 Å². The molecule has 0 heterocycles. The number of nitrogens with zero attached hydrogens (tertiary/aromatic N) is 1. The molecule has 0 spiro atoms. The average Bonchev–Trinajstić information content (AvgIpc) is 1.08. The van der Waals surface area contributed by atoms with Gasteiger partial charge in [0.05, 0.1) is 27.7 Å². The normalized spacial score (nSPS) is 14.4. The lowest BCUT2D eigenvalue weighted by Gasteiger charge is -2.28. The van der Waals surface area contributed by atoms with E-state index < -0.39 is 32.5 Å². The number of carbonyl (C=O) groups excluding carboxylic acids is 2. The van der Waals surface area contributed by atoms with Crippen molar-refractivity contribution in [1.29, 1.82) is 0 Å². The van der Waals surface area contributed by atoms with Crippen LogP contribution in [0.15, 0.2) is 231 Å². The molecule has 0 bridgehead atoms. The van der Waals surface area contributed by atoms with Gasteiger partial charge in [-0.2, -0.15) is 0 Å². The number of ether oxygens (including phenoxy) is 2. The minimum absolute atomic E-state index is 0.0502. The molecule has 0 saturated carbocycles. The van der Waals surface area contributed by atoms with E-state index in [1.54, 1.807) is 0 Å². The fraction of sp³-hybridized carbons (Fsp3) is 0.545. The van der Waals surface area contributed by atoms with E-state index in [2.05, 4.69) is 245 Å². The average molecular weight is 1370 g/mol. The van der Waals surface area contributed by atoms with Gasteiger partial charge in [0, 0.05) is 12.8 Å². The Hall–Kier alpha value is -5.93. The zero-order valence-corrected chi connectivity index (χ0v) is 63.3. The van der Waals surface area contributed by atoms with Crippen molar-refractivity contribution in [3.05, 3.63) is 231 Å². The van der Waals surface area contributed by atoms with Gasteiger partial charge in [0.2, 0.25) is 0 Å². The molecule has 548 valence electrons. The highest BCUT2D eigenvalue weighted by Crippen LogP contribution is 2.38. The number of hydrogen-bond donors (Lipinski definition) is 0. The van der Waals surface area contributed by atoms with Gasteiger partial charge in [-0.1, -0.05) is 315 Å². The van der Waals surface area contributed by atoms with Crippen molar-refractivity contribution in [1.82, 2.24) is 0 Å². The molecule has 2 atom stereocenters. The molecule has 0 fully saturated rings. The molecule has 0 N–H and O–H groups in total. The zero-order chi connectivity index (χ0) is 71.1. The Morgan fingerprint density at radius 1 is 0.316 bits per heavy atom. The highest BCUT2D eigenvalue weighted by molar-refractivity contribution is 7.45. The van der Waals surface area contributed by atoms with Gasteiger partial charge in [0.15, 0.2) is 6.10 Å². The number of hydrogen-bond acceptors (Lipinski definition) is 8. The van der Waals surface area contributed by atoms with Crippen molar-refractivity contribution in [3.8, 4) is 0 Å². The molecule has 0 aliphatic carbocycles. The largest absolute Gasteiger partial charge is 0.756 e. The molecular weight excluding hydrogens is 1230 g/mol. The summed E-state index contributed by atoms with van der Waals surface area (Å²) in [5.41, 5.74) is 0. The summed E-state index contributed by atoms with van der Waals surface area (Å²) < 4.78 is 34.3. The van der Waals surface area contributed by atoms with Crippen LogP contribution in [0.2, 0.25) is 0 Å². The molecular formula is C88H138NO8P. The van der Waals surface area contributed by atoms with E-state index >= 15 is 0 Å². The second-order valence-electron chi connectivity index (χ2n) is 25.5. The van der Waals surface area contributed by atoms with Crippen LogP contribution in [0.1, 0.15) is 258 Å². The predicted molar refractivity (Wildman–Crippen MR) is 424 cm³/mol. The Morgan fingerprint density at radius 3 is 0.827 bits per heavy atom. The van der Waals surface area contributed by atoms with E-state index in [1.165, 1.54) is 51.4 Å². The van der Waals surface area contributed by atoms with Crippen molar-refractivity contribution >= 4 is 19.8 Å². The summed E-state index contributed by atoms with van der Waals surface area (Å²) in [6.07, 6.45) is 121. The van der Waals surface area contributed by atoms with Crippen LogP contribution in [-0.4, -0.2) is 70.0 Å². The first-order chi connectivity index (χ1) is 48.0. The summed E-state index contributed by atoms with van der Waals surface area (Å²) in [4.78, 5) is 38.1. The topological polar surface area (TPSA) is 111 Å². The third-order valence-corrected chi connectivity index (χ3v) is 16.1. The maximum atomic E-state index is 12.9. The van der Waals surface area contributed by atoms with E-state index in [9.17, 15) is 19.0 Å². The van der Waals surface area contributed by atoms with Crippen molar-refractivity contribution < 1.29 is 42.1 Å². The number of carbonyl (C=O) groups is 2. The number of rotatable bonds is 67. The number of allylic oxidation sites excluding steroid dienone is 38. The van der Waals surface area contributed by atoms with Crippen LogP contribution >= 0.6 is 7.82 Å². The molecule has 0 aliphatic heterocycles. The fourth-order valence-corrected chi connectivity index (χ4v) is 10.2. The molecule has 98 heavy (non-hydrogen) atoms. The van der Waals surface area contributed by atoms with Gasteiger partial charge >= 0.3 is 11.9 Å². The lowest BCUT2D eigenvalue weighted by Crippen LogP contribution is -2.37. The SMILES string of the molecule is CC/C=C\C/C=C\C/C=C\C/C=C\C/C=C\C/C=C\C/C=C\C/C=C\C/C=C\C/C=C\C/C=C\CCCCCC(=O)OC(COC(=O)CCCCCCCCCCCCCC/C=C\C/C=C\C/C=C\C/C=C\C/C=C\C/C=C\C/C=C\C/C=C\CC)COP(=O)([O-])OCC[N+](C)(C)C. The Kier molecular flexibility index (Phi) is 70.7. The number of unbranched alkanes of at least 4 members (excludes halogenated alkanes) is 15. The van der Waals surface area contributed by atoms with Crippen molar-refractivity contribution in [2.75, 3.05) is 47.5 Å². The number of phosphoric ester groups is 1. The monoisotopic (exact) mass is 1370 g/mol. The molecule has 0 radical (unpaired) electrons. The van der Waals surface area contributed by atoms with E-state index in [1.807, 2.05) is 21.1 Å². The Morgan fingerprint density at radius 2 is 0.551 bits per heavy atom. The zero-order valence-electron chi connectivity index (χ0n) is 62.4. The highest BCUT2D eigenvalue weighted by Gasteiger charge is 2.22. The molecule has 10 heteroatoms. The molecule has 9 nitrogen and oxygen atoms in total. The van der Waals surface area contributed by atoms with Gasteiger partial charge in [-0.15, -0.1) is 0 Å². The second-order valence-corrected chi connectivity index (χ2v) is 27.0. The van der Waals surface area contributed by atoms with Gasteiger partial charge in [-0.3, -0.25) is 14.2 Å². The maximum absolute atomic E-state index is 12.9. The third kappa shape index (κ3) is 79.1. The Balaban J connectivity index is 4.18. The molecule has 0 rings (SSSR count). The van der Waals surface area contributed by atoms with Gasteiger partial charge in [0.25, 0.3) is 7.82 Å². The number of quaternary nitrogens is 1. The molecule has 0 amide bonds. The maximum Gasteiger partial charge on any atom is 0.306 e. The lowest BCUT2D eigenvalue weighted by atomic mass is 10.0. The minimum Gasteiger partial charge on any atom is -0.756 e. The van der Waals surface area contributed by atoms with Gasteiger partial charge < -0.3 is 27.9 Å². The van der Waals surface area contributed by atoms with E-state index in [-0.39, 0.29) is 26.1 Å². The number of likely N-dealkylation sites (N-methyl/N-ethyl adjacent to an activating group) is 1. The van der Waals surface area contributed by atoms with Crippen molar-refractivity contribution in [2.24, 2.45) is 0 Å². The molecule has 0 aromatic carbocycles. The minimum atomic E-state index is -4.67. The summed E-state index contributed by atoms with van der Waals surface area (Å²) >= 11 is 0. The number of esters is 2. The first-order valence-corrected chi connectivity index (χ1v) is 39.6. The van der Waals surface area contributed by atoms with E-state index in [0.29, 0.717) is 23.9 Å². The van der Waals surface area contributed by atoms with Crippen LogP contribution in [0.3, 0.4) is 0 Å².